The molecule has 0 spiro atoms. The van der Waals surface area contributed by atoms with Gasteiger partial charge in [0.1, 0.15) is 5.82 Å². The third-order valence-electron chi connectivity index (χ3n) is 5.95. The van der Waals surface area contributed by atoms with E-state index >= 15 is 0 Å². The zero-order chi connectivity index (χ0) is 17.7. The number of hydrogen-bond donors (Lipinski definition) is 1. The molecular weight excluding hydrogens is 342 g/mol. The molecule has 1 aromatic carbocycles. The molecule has 1 N–H and O–H groups in total. The summed E-state index contributed by atoms with van der Waals surface area (Å²) in [5, 5.41) is 13.7. The van der Waals surface area contributed by atoms with Crippen molar-refractivity contribution in [2.75, 3.05) is 18.4 Å². The first kappa shape index (κ1) is 16.1. The molecule has 26 heavy (non-hydrogen) atoms. The van der Waals surface area contributed by atoms with Gasteiger partial charge in [0.05, 0.1) is 20.9 Å². The van der Waals surface area contributed by atoms with Crippen molar-refractivity contribution in [1.82, 2.24) is 20.1 Å². The lowest BCUT2D eigenvalue weighted by Crippen LogP contribution is -2.59. The van der Waals surface area contributed by atoms with Crippen LogP contribution in [0.15, 0.2) is 30.3 Å². The van der Waals surface area contributed by atoms with Crippen LogP contribution >= 0.6 is 11.3 Å². The largest absolute Gasteiger partial charge is 0.364 e. The summed E-state index contributed by atoms with van der Waals surface area (Å²) in [5.41, 5.74) is 3.00. The molecule has 3 aliphatic rings. The molecule has 134 valence electrons. The molecule has 2 bridgehead atoms. The zero-order valence-corrected chi connectivity index (χ0v) is 16.0. The predicted octanol–water partition coefficient (Wildman–Crippen LogP) is 3.96. The van der Waals surface area contributed by atoms with Crippen molar-refractivity contribution in [2.45, 2.75) is 38.8 Å². The molecular formula is C20H23N5S. The minimum atomic E-state index is 0.479. The number of nitrogens with one attached hydrogen (secondary N) is 1. The van der Waals surface area contributed by atoms with Crippen LogP contribution in [-0.4, -0.2) is 45.3 Å². The molecule has 2 aromatic heterocycles. The van der Waals surface area contributed by atoms with Crippen molar-refractivity contribution in [1.29, 1.82) is 0 Å². The van der Waals surface area contributed by atoms with E-state index in [9.17, 15) is 0 Å². The van der Waals surface area contributed by atoms with Gasteiger partial charge in [-0.1, -0.05) is 6.07 Å². The molecule has 5 nitrogen and oxygen atoms in total. The fraction of sp³-hybridized carbons (Fsp3) is 0.450. The second-order valence-corrected chi connectivity index (χ2v) is 8.74. The van der Waals surface area contributed by atoms with E-state index in [2.05, 4.69) is 62.7 Å². The van der Waals surface area contributed by atoms with Gasteiger partial charge in [0.25, 0.3) is 0 Å². The number of rotatable bonds is 3. The van der Waals surface area contributed by atoms with E-state index in [1.165, 1.54) is 30.6 Å². The van der Waals surface area contributed by atoms with Gasteiger partial charge in [-0.25, -0.2) is 4.98 Å². The molecule has 0 saturated carbocycles. The van der Waals surface area contributed by atoms with Crippen LogP contribution in [0.1, 0.15) is 24.8 Å². The summed E-state index contributed by atoms with van der Waals surface area (Å²) in [7, 11) is 0. The van der Waals surface area contributed by atoms with Crippen LogP contribution in [0.2, 0.25) is 0 Å². The quantitative estimate of drug-likeness (QED) is 0.761. The van der Waals surface area contributed by atoms with Crippen molar-refractivity contribution in [2.24, 2.45) is 5.92 Å². The van der Waals surface area contributed by atoms with Gasteiger partial charge in [-0.15, -0.1) is 21.5 Å². The zero-order valence-electron chi connectivity index (χ0n) is 15.1. The first-order chi connectivity index (χ1) is 12.7. The maximum atomic E-state index is 4.58. The van der Waals surface area contributed by atoms with Crippen molar-refractivity contribution in [3.63, 3.8) is 0 Å². The number of aromatic nitrogens is 3. The van der Waals surface area contributed by atoms with Gasteiger partial charge in [0.15, 0.2) is 0 Å². The summed E-state index contributed by atoms with van der Waals surface area (Å²) < 4.78 is 1.22. The normalized spacial score (nSPS) is 27.8. The number of hydrogen-bond acceptors (Lipinski definition) is 6. The molecule has 5 heterocycles. The predicted molar refractivity (Wildman–Crippen MR) is 107 cm³/mol. The number of piperidine rings is 3. The molecule has 0 unspecified atom stereocenters. The molecule has 3 aromatic rings. The van der Waals surface area contributed by atoms with Gasteiger partial charge in [-0.05, 0) is 70.0 Å². The maximum absolute atomic E-state index is 4.58. The highest BCUT2D eigenvalue weighted by molar-refractivity contribution is 7.18. The monoisotopic (exact) mass is 365 g/mol. The summed E-state index contributed by atoms with van der Waals surface area (Å²) >= 11 is 1.72. The van der Waals surface area contributed by atoms with E-state index in [0.717, 1.165) is 33.5 Å². The third kappa shape index (κ3) is 2.77. The standard InChI is InChI=1S/C20H23N5S/c1-12-20(14-7-9-25(12)10-8-14)22-19-6-4-16(23-24-19)15-3-5-18-17(11-15)21-13(2)26-18/h3-6,11-12,14,20H,7-10H2,1-2H3,(H,22,24)/t12-,20-/m1/s1. The Morgan fingerprint density at radius 2 is 1.96 bits per heavy atom. The highest BCUT2D eigenvalue weighted by Crippen LogP contribution is 2.34. The summed E-state index contributed by atoms with van der Waals surface area (Å²) in [6.07, 6.45) is 2.58. The van der Waals surface area contributed by atoms with Crippen LogP contribution in [0.3, 0.4) is 0 Å². The van der Waals surface area contributed by atoms with Crippen molar-refractivity contribution < 1.29 is 0 Å². The Morgan fingerprint density at radius 3 is 2.69 bits per heavy atom. The molecule has 0 aliphatic carbocycles. The molecule has 6 rings (SSSR count). The van der Waals surface area contributed by atoms with E-state index in [1.54, 1.807) is 11.3 Å². The number of fused-ring (bicyclic) bond motifs is 4. The van der Waals surface area contributed by atoms with E-state index in [1.807, 2.05) is 6.92 Å². The van der Waals surface area contributed by atoms with Crippen molar-refractivity contribution in [3.05, 3.63) is 35.3 Å². The van der Waals surface area contributed by atoms with Gasteiger partial charge in [0.2, 0.25) is 0 Å². The SMILES string of the molecule is Cc1nc2cc(-c3ccc(N[C@H]4C5CCN(CC5)[C@@H]4C)nn3)ccc2s1. The Labute approximate surface area is 157 Å². The lowest BCUT2D eigenvalue weighted by atomic mass is 9.79. The molecule has 0 amide bonds. The van der Waals surface area contributed by atoms with Gasteiger partial charge in [-0.2, -0.15) is 0 Å². The minimum Gasteiger partial charge on any atom is -0.364 e. The topological polar surface area (TPSA) is 53.9 Å². The smallest absolute Gasteiger partial charge is 0.148 e. The number of benzene rings is 1. The number of thiazole rings is 1. The molecule has 0 radical (unpaired) electrons. The second kappa shape index (κ2) is 6.28. The van der Waals surface area contributed by atoms with Crippen LogP contribution in [-0.2, 0) is 0 Å². The van der Waals surface area contributed by atoms with Gasteiger partial charge in [-0.3, -0.25) is 4.90 Å². The first-order valence-corrected chi connectivity index (χ1v) is 10.2. The lowest BCUT2D eigenvalue weighted by Gasteiger charge is -2.50. The van der Waals surface area contributed by atoms with Gasteiger partial charge >= 0.3 is 0 Å². The number of nitrogens with zero attached hydrogens (tertiary/aromatic N) is 4. The maximum Gasteiger partial charge on any atom is 0.148 e. The molecule has 2 atom stereocenters. The van der Waals surface area contributed by atoms with E-state index in [0.29, 0.717) is 12.1 Å². The van der Waals surface area contributed by atoms with Crippen molar-refractivity contribution >= 4 is 27.4 Å². The van der Waals surface area contributed by atoms with Crippen LogP contribution in [0.4, 0.5) is 5.82 Å². The van der Waals surface area contributed by atoms with Gasteiger partial charge in [0, 0.05) is 17.6 Å². The molecule has 3 aliphatic heterocycles. The summed E-state index contributed by atoms with van der Waals surface area (Å²) in [5.74, 6) is 1.64. The molecule has 6 heteroatoms. The highest BCUT2D eigenvalue weighted by atomic mass is 32.1. The third-order valence-corrected chi connectivity index (χ3v) is 6.90. The summed E-state index contributed by atoms with van der Waals surface area (Å²) in [6.45, 7) is 6.86. The number of aryl methyl sites for hydroxylation is 1. The molecule has 3 saturated heterocycles. The Bertz CT molecular complexity index is 925. The van der Waals surface area contributed by atoms with Crippen molar-refractivity contribution in [3.8, 4) is 11.3 Å². The van der Waals surface area contributed by atoms with Crippen LogP contribution in [0, 0.1) is 12.8 Å². The fourth-order valence-corrected chi connectivity index (χ4v) is 5.29. The Morgan fingerprint density at radius 1 is 1.12 bits per heavy atom. The summed E-state index contributed by atoms with van der Waals surface area (Å²) in [4.78, 5) is 7.17. The second-order valence-electron chi connectivity index (χ2n) is 7.50. The first-order valence-electron chi connectivity index (χ1n) is 9.39. The summed E-state index contributed by atoms with van der Waals surface area (Å²) in [6, 6.07) is 11.5. The molecule has 3 fully saturated rings. The Kier molecular flexibility index (Phi) is 3.90. The van der Waals surface area contributed by atoms with Crippen LogP contribution in [0.25, 0.3) is 21.5 Å². The van der Waals surface area contributed by atoms with E-state index in [4.69, 9.17) is 0 Å². The van der Waals surface area contributed by atoms with Crippen LogP contribution in [0.5, 0.6) is 0 Å². The van der Waals surface area contributed by atoms with E-state index in [-0.39, 0.29) is 0 Å². The van der Waals surface area contributed by atoms with Gasteiger partial charge < -0.3 is 5.32 Å². The van der Waals surface area contributed by atoms with E-state index < -0.39 is 0 Å². The average molecular weight is 366 g/mol. The Hall–Kier alpha value is -2.05. The lowest BCUT2D eigenvalue weighted by molar-refractivity contribution is 0.0457. The highest BCUT2D eigenvalue weighted by Gasteiger charge is 2.39. The van der Waals surface area contributed by atoms with Crippen LogP contribution < -0.4 is 5.32 Å². The Balaban J connectivity index is 1.36. The number of anilines is 1. The average Bonchev–Trinajstić information content (AvgIpc) is 3.05. The minimum absolute atomic E-state index is 0.479. The fourth-order valence-electron chi connectivity index (χ4n) is 4.48.